The maximum absolute atomic E-state index is 11.0. The molecule has 7 heteroatoms. The predicted molar refractivity (Wildman–Crippen MR) is 94.6 cm³/mol. The second-order valence-corrected chi connectivity index (χ2v) is 6.77. The van der Waals surface area contributed by atoms with E-state index in [2.05, 4.69) is 46.8 Å². The molecule has 1 aromatic carbocycles. The van der Waals surface area contributed by atoms with Crippen molar-refractivity contribution < 1.29 is 14.3 Å². The van der Waals surface area contributed by atoms with Crippen LogP contribution in [0.25, 0.3) is 0 Å². The van der Waals surface area contributed by atoms with Crippen molar-refractivity contribution in [3.63, 3.8) is 0 Å². The van der Waals surface area contributed by atoms with Gasteiger partial charge in [0.2, 0.25) is 0 Å². The van der Waals surface area contributed by atoms with Crippen molar-refractivity contribution in [3.05, 3.63) is 26.6 Å². The molecule has 0 atom stereocenters. The summed E-state index contributed by atoms with van der Waals surface area (Å²) in [6, 6.07) is 4.01. The van der Waals surface area contributed by atoms with Crippen LogP contribution in [0, 0.1) is 0 Å². The van der Waals surface area contributed by atoms with E-state index >= 15 is 0 Å². The van der Waals surface area contributed by atoms with Crippen LogP contribution >= 0.6 is 31.9 Å². The van der Waals surface area contributed by atoms with Gasteiger partial charge in [0.15, 0.2) is 0 Å². The monoisotopic (exact) mass is 436 g/mol. The molecule has 1 N–H and O–H groups in total. The minimum atomic E-state index is -0.418. The third-order valence-corrected chi connectivity index (χ3v) is 4.10. The van der Waals surface area contributed by atoms with E-state index in [4.69, 9.17) is 4.74 Å². The Morgan fingerprint density at radius 3 is 2.45 bits per heavy atom. The van der Waals surface area contributed by atoms with Gasteiger partial charge < -0.3 is 19.7 Å². The highest BCUT2D eigenvalue weighted by atomic mass is 79.9. The highest BCUT2D eigenvalue weighted by Crippen LogP contribution is 2.35. The molecule has 0 bridgehead atoms. The molecule has 124 valence electrons. The molecule has 0 saturated heterocycles. The van der Waals surface area contributed by atoms with Crippen LogP contribution in [0.1, 0.15) is 12.0 Å². The number of alkyl carbamates (subject to hydrolysis) is 1. The number of carbonyl (C=O) groups excluding carboxylic acids is 1. The van der Waals surface area contributed by atoms with Gasteiger partial charge in [-0.1, -0.05) is 0 Å². The molecule has 0 saturated carbocycles. The summed E-state index contributed by atoms with van der Waals surface area (Å²) in [5.74, 6) is 0.809. The molecule has 1 amide bonds. The first kappa shape index (κ1) is 19.3. The normalized spacial score (nSPS) is 10.6. The van der Waals surface area contributed by atoms with E-state index in [0.717, 1.165) is 33.2 Å². The lowest BCUT2D eigenvalue weighted by Crippen LogP contribution is -2.25. The van der Waals surface area contributed by atoms with Gasteiger partial charge in [-0.15, -0.1) is 0 Å². The van der Waals surface area contributed by atoms with Crippen molar-refractivity contribution in [1.82, 2.24) is 10.2 Å². The molecular formula is C15H22Br2N2O3. The summed E-state index contributed by atoms with van der Waals surface area (Å²) in [5.41, 5.74) is 1.09. The van der Waals surface area contributed by atoms with Crippen LogP contribution in [0.5, 0.6) is 5.75 Å². The second kappa shape index (κ2) is 10.1. The molecule has 0 fully saturated rings. The first-order valence-electron chi connectivity index (χ1n) is 7.01. The van der Waals surface area contributed by atoms with Gasteiger partial charge in [0.1, 0.15) is 5.75 Å². The van der Waals surface area contributed by atoms with Crippen molar-refractivity contribution in [2.45, 2.75) is 12.8 Å². The van der Waals surface area contributed by atoms with Crippen molar-refractivity contribution >= 4 is 38.0 Å². The fourth-order valence-electron chi connectivity index (χ4n) is 1.83. The Labute approximate surface area is 148 Å². The zero-order chi connectivity index (χ0) is 16.5. The number of ether oxygens (including phenoxy) is 2. The summed E-state index contributed by atoms with van der Waals surface area (Å²) < 4.78 is 12.2. The third-order valence-electron chi connectivity index (χ3n) is 2.92. The van der Waals surface area contributed by atoms with Crippen molar-refractivity contribution in [1.29, 1.82) is 0 Å². The van der Waals surface area contributed by atoms with Crippen LogP contribution in [0.15, 0.2) is 21.1 Å². The number of rotatable bonds is 8. The predicted octanol–water partition coefficient (Wildman–Crippen LogP) is 3.44. The molecule has 0 radical (unpaired) electrons. The van der Waals surface area contributed by atoms with Gasteiger partial charge in [-0.05, 0) is 76.5 Å². The minimum absolute atomic E-state index is 0.418. The van der Waals surface area contributed by atoms with Gasteiger partial charge >= 0.3 is 6.09 Å². The summed E-state index contributed by atoms with van der Waals surface area (Å²) in [5, 5.41) is 2.66. The molecular weight excluding hydrogens is 416 g/mol. The van der Waals surface area contributed by atoms with Gasteiger partial charge in [0, 0.05) is 13.1 Å². The average molecular weight is 438 g/mol. The van der Waals surface area contributed by atoms with Gasteiger partial charge in [0.05, 0.1) is 22.7 Å². The van der Waals surface area contributed by atoms with Crippen molar-refractivity contribution in [2.24, 2.45) is 0 Å². The largest absolute Gasteiger partial charge is 0.491 e. The van der Waals surface area contributed by atoms with Gasteiger partial charge in [-0.3, -0.25) is 0 Å². The van der Waals surface area contributed by atoms with Crippen molar-refractivity contribution in [3.8, 4) is 5.75 Å². The minimum Gasteiger partial charge on any atom is -0.491 e. The number of hydrogen-bond donors (Lipinski definition) is 1. The molecule has 0 aliphatic rings. The van der Waals surface area contributed by atoms with E-state index in [1.54, 1.807) is 0 Å². The lowest BCUT2D eigenvalue weighted by molar-refractivity contribution is 0.171. The number of nitrogens with zero attached hydrogens (tertiary/aromatic N) is 1. The van der Waals surface area contributed by atoms with Gasteiger partial charge in [-0.25, -0.2) is 4.79 Å². The number of nitrogens with one attached hydrogen (secondary N) is 1. The van der Waals surface area contributed by atoms with Crippen LogP contribution in [0.3, 0.4) is 0 Å². The molecule has 1 rings (SSSR count). The standard InChI is InChI=1S/C15H22Br2N2O3/c1-19(2)7-4-8-22-14-12(16)9-11(10-13(14)17)5-6-18-15(20)21-3/h9-10H,4-8H2,1-3H3,(H,18,20). The van der Waals surface area contributed by atoms with Crippen molar-refractivity contribution in [2.75, 3.05) is 40.9 Å². The Bertz CT molecular complexity index is 473. The fraction of sp³-hybridized carbons (Fsp3) is 0.533. The highest BCUT2D eigenvalue weighted by Gasteiger charge is 2.09. The molecule has 22 heavy (non-hydrogen) atoms. The van der Waals surface area contributed by atoms with E-state index in [0.29, 0.717) is 19.6 Å². The molecule has 0 spiro atoms. The van der Waals surface area contributed by atoms with Gasteiger partial charge in [-0.2, -0.15) is 0 Å². The first-order valence-corrected chi connectivity index (χ1v) is 8.60. The molecule has 0 aliphatic carbocycles. The lowest BCUT2D eigenvalue weighted by atomic mass is 10.1. The Kier molecular flexibility index (Phi) is 8.82. The summed E-state index contributed by atoms with van der Waals surface area (Å²) in [7, 11) is 5.44. The average Bonchev–Trinajstić information content (AvgIpc) is 2.45. The number of benzene rings is 1. The van der Waals surface area contributed by atoms with Crippen LogP contribution < -0.4 is 10.1 Å². The second-order valence-electron chi connectivity index (χ2n) is 5.06. The van der Waals surface area contributed by atoms with Crippen LogP contribution in [-0.2, 0) is 11.2 Å². The lowest BCUT2D eigenvalue weighted by Gasteiger charge is -2.14. The molecule has 5 nitrogen and oxygen atoms in total. The molecule has 0 aliphatic heterocycles. The van der Waals surface area contributed by atoms with E-state index in [1.165, 1.54) is 7.11 Å². The maximum Gasteiger partial charge on any atom is 0.406 e. The SMILES string of the molecule is COC(=O)NCCc1cc(Br)c(OCCCN(C)C)c(Br)c1. The Hall–Kier alpha value is -0.790. The van der Waals surface area contributed by atoms with E-state index in [-0.39, 0.29) is 0 Å². The quantitative estimate of drug-likeness (QED) is 0.633. The highest BCUT2D eigenvalue weighted by molar-refractivity contribution is 9.11. The number of halogens is 2. The number of hydrogen-bond acceptors (Lipinski definition) is 4. The van der Waals surface area contributed by atoms with Crippen LogP contribution in [0.2, 0.25) is 0 Å². The van der Waals surface area contributed by atoms with E-state index < -0.39 is 6.09 Å². The van der Waals surface area contributed by atoms with Crippen LogP contribution in [-0.4, -0.2) is 51.9 Å². The number of amides is 1. The Morgan fingerprint density at radius 2 is 1.91 bits per heavy atom. The summed E-state index contributed by atoms with van der Waals surface area (Å²) in [6.45, 7) is 2.18. The zero-order valence-corrected chi connectivity index (χ0v) is 16.3. The molecule has 1 aromatic rings. The topological polar surface area (TPSA) is 50.8 Å². The summed E-state index contributed by atoms with van der Waals surface area (Å²) in [6.07, 6.45) is 1.27. The summed E-state index contributed by atoms with van der Waals surface area (Å²) in [4.78, 5) is 13.1. The Balaban J connectivity index is 2.54. The smallest absolute Gasteiger partial charge is 0.406 e. The van der Waals surface area contributed by atoms with E-state index in [1.807, 2.05) is 26.2 Å². The third kappa shape index (κ3) is 6.98. The molecule has 0 aromatic heterocycles. The number of carbonyl (C=O) groups is 1. The molecule has 0 unspecified atom stereocenters. The number of methoxy groups -OCH3 is 1. The summed E-state index contributed by atoms with van der Waals surface area (Å²) >= 11 is 7.07. The fourth-order valence-corrected chi connectivity index (χ4v) is 3.34. The first-order chi connectivity index (χ1) is 10.4. The molecule has 0 heterocycles. The Morgan fingerprint density at radius 1 is 1.27 bits per heavy atom. The van der Waals surface area contributed by atoms with Crippen LogP contribution in [0.4, 0.5) is 4.79 Å². The zero-order valence-electron chi connectivity index (χ0n) is 13.1. The van der Waals surface area contributed by atoms with Gasteiger partial charge in [0.25, 0.3) is 0 Å². The van der Waals surface area contributed by atoms with E-state index in [9.17, 15) is 4.79 Å². The maximum atomic E-state index is 11.0.